The summed E-state index contributed by atoms with van der Waals surface area (Å²) in [5, 5.41) is 57.9. The number of phenolic OH excluding ortho intramolecular Hbond substituents is 6. The molecule has 0 spiro atoms. The minimum absolute atomic E-state index is 0.0222. The van der Waals surface area contributed by atoms with Crippen LogP contribution < -0.4 is 28.4 Å². The zero-order valence-corrected chi connectivity index (χ0v) is 92.5. The Bertz CT molecular complexity index is 4520. The largest absolute Gasteiger partial charge is 0.508 e. The van der Waals surface area contributed by atoms with Gasteiger partial charge in [0.15, 0.2) is 23.0 Å². The maximum absolute atomic E-state index is 12.6. The van der Waals surface area contributed by atoms with Crippen LogP contribution in [0.3, 0.4) is 0 Å². The number of carbonyl (C=O) groups is 6. The molecule has 0 saturated heterocycles. The minimum atomic E-state index is -0.425. The molecule has 6 rings (SSSR count). The van der Waals surface area contributed by atoms with E-state index in [4.69, 9.17) is 56.8 Å². The Morgan fingerprint density at radius 1 is 0.252 bits per heavy atom. The predicted octanol–water partition coefficient (Wildman–Crippen LogP) is 21.8. The molecule has 0 heterocycles. The molecule has 6 aromatic carbocycles. The lowest BCUT2D eigenvalue weighted by molar-refractivity contribution is 0.0261. The molecule has 0 aliphatic rings. The molecule has 0 aliphatic carbocycles. The van der Waals surface area contributed by atoms with Crippen LogP contribution in [0.4, 0.5) is 0 Å². The molecular weight excluding hydrogens is 1830 g/mol. The number of nitrogens with zero attached hydrogens (tertiary/aromatic N) is 6. The van der Waals surface area contributed by atoms with Crippen molar-refractivity contribution in [3.8, 4) is 69.0 Å². The number of likely N-dealkylation sites (N-methyl/N-ethyl adjacent to an activating group) is 6. The minimum Gasteiger partial charge on any atom is -0.508 e. The standard InChI is InChI=1S/C20H33NO4.3C19H31NO4.2C18H29NO4/c1-6-12-24-19-13-16(22)10-11-17(19)20(23)25-14-18(15(5)7-2)21(8-3)9-4;1-6-8-11-23-18-12-15(21)9-10-16(18)19(22)24-13-17(20(4)5)14(3)7-2;1-6-14(5)16(20(7-2)8-3)13-24-19(22)15-10-11-17(21)18(12-15)23-9-4;1-6-14(5)17(20(7-2)8-3)13-24-19(22)16-11-10-15(21)12-18(16)23-9-4;1-6-10-22-17-11-14(8-9-16(17)20)18(21)23-12-15(19(4)5)13(3)7-2;1-6-10-22-17-11-14(20)8-9-15(17)18(21)23-12-16(19(4)5)13(3)7-2/h10-11,13,15,18,22H,6-9,12,14H2,1-5H3;9-10,12,14,17,21H,6-8,11,13H2,1-5H3;10-12,14,16,21H,6-9,13H2,1-5H3;10-12,14,17,21H,6-9,13H2,1-5H3;8-9,11,13,15,20H,6-7,10,12H2,1-5H3;8-9,11,13,16,20H,6-7,10,12H2,1-5H3/t15?,18-;14?,17-;14?,16-;14?,17-;13?,15-;13?,16-/m111111/s1. The number of benzene rings is 6. The normalized spacial score (nSPS) is 13.6. The van der Waals surface area contributed by atoms with Crippen LogP contribution in [0, 0.1) is 35.5 Å². The second-order valence-electron chi connectivity index (χ2n) is 36.6. The fraction of sp³-hybridized carbons (Fsp3) is 0.628. The molecule has 12 atom stereocenters. The molecule has 6 aromatic rings. The first-order valence-electron chi connectivity index (χ1n) is 52.1. The topological polar surface area (TPSA) is 354 Å². The second-order valence-corrected chi connectivity index (χ2v) is 36.6. The fourth-order valence-electron chi connectivity index (χ4n) is 15.5. The third-order valence-electron chi connectivity index (χ3n) is 25.8. The number of carbonyl (C=O) groups excluding carboxylic acids is 6. The first kappa shape index (κ1) is 131. The lowest BCUT2D eigenvalue weighted by Crippen LogP contribution is -2.43. The smallest absolute Gasteiger partial charge is 0.341 e. The number of phenols is 6. The van der Waals surface area contributed by atoms with Gasteiger partial charge in [0.1, 0.15) is 108 Å². The summed E-state index contributed by atoms with van der Waals surface area (Å²) in [5.74, 6) is 2.52. The van der Waals surface area contributed by atoms with E-state index in [-0.39, 0.29) is 70.7 Å². The summed E-state index contributed by atoms with van der Waals surface area (Å²) < 4.78 is 66.2. The van der Waals surface area contributed by atoms with Gasteiger partial charge in [0.05, 0.1) is 50.8 Å². The van der Waals surface area contributed by atoms with Crippen molar-refractivity contribution in [1.82, 2.24) is 29.4 Å². The molecule has 6 unspecified atom stereocenters. The van der Waals surface area contributed by atoms with E-state index in [1.807, 2.05) is 76.9 Å². The van der Waals surface area contributed by atoms with Gasteiger partial charge in [-0.05, 0) is 242 Å². The highest BCUT2D eigenvalue weighted by Gasteiger charge is 2.31. The van der Waals surface area contributed by atoms with Gasteiger partial charge in [-0.1, -0.05) is 197 Å². The van der Waals surface area contributed by atoms with Gasteiger partial charge in [0, 0.05) is 60.5 Å². The monoisotopic (exact) mass is 2010 g/mol. The number of ether oxygens (including phenoxy) is 12. The lowest BCUT2D eigenvalue weighted by atomic mass is 9.98. The summed E-state index contributed by atoms with van der Waals surface area (Å²) in [4.78, 5) is 87.6. The van der Waals surface area contributed by atoms with Crippen LogP contribution in [-0.2, 0) is 28.4 Å². The molecule has 0 radical (unpaired) electrons. The SMILES string of the molecule is CCCCOc1cc(O)ccc1C(=O)OC[C@H](C(C)CC)N(C)C.CCCOc1cc(C(=O)OC[C@H](C(C)CC)N(C)C)ccc1O.CCCOc1cc(O)ccc1C(=O)OC[C@H](C(C)CC)N(C)C.CCCOc1cc(O)ccc1C(=O)OC[C@H](C(C)CC)N(CC)CC.CCOc1cc(C(=O)OC[C@H](C(C)CC)N(CC)CC)ccc1O.CCOc1cc(O)ccc1C(=O)OC[C@H](C(C)CC)N(CC)CC. The van der Waals surface area contributed by atoms with E-state index in [0.717, 1.165) is 110 Å². The Kier molecular flexibility index (Phi) is 67.1. The van der Waals surface area contributed by atoms with Crippen molar-refractivity contribution in [1.29, 1.82) is 0 Å². The van der Waals surface area contributed by atoms with E-state index in [2.05, 4.69) is 161 Å². The van der Waals surface area contributed by atoms with Gasteiger partial charge in [-0.2, -0.15) is 0 Å². The number of hydrogen-bond donors (Lipinski definition) is 6. The molecule has 0 aromatic heterocycles. The highest BCUT2D eigenvalue weighted by molar-refractivity contribution is 5.95. The Labute approximate surface area is 858 Å². The Morgan fingerprint density at radius 2 is 0.469 bits per heavy atom. The Hall–Kier alpha value is -10.5. The van der Waals surface area contributed by atoms with E-state index in [9.17, 15) is 59.4 Å². The van der Waals surface area contributed by atoms with Crippen molar-refractivity contribution in [3.05, 3.63) is 143 Å². The molecule has 30 nitrogen and oxygen atoms in total. The summed E-state index contributed by atoms with van der Waals surface area (Å²) in [6.07, 6.45) is 10.5. The van der Waals surface area contributed by atoms with Crippen LogP contribution in [0.1, 0.15) is 299 Å². The van der Waals surface area contributed by atoms with E-state index in [0.29, 0.717) is 183 Å². The van der Waals surface area contributed by atoms with Crippen LogP contribution in [0.25, 0.3) is 0 Å². The van der Waals surface area contributed by atoms with Crippen LogP contribution in [0.5, 0.6) is 69.0 Å². The van der Waals surface area contributed by atoms with Crippen LogP contribution in [0.2, 0.25) is 0 Å². The highest BCUT2D eigenvalue weighted by Crippen LogP contribution is 2.34. The Morgan fingerprint density at radius 3 is 0.699 bits per heavy atom. The van der Waals surface area contributed by atoms with E-state index < -0.39 is 35.8 Å². The molecule has 0 fully saturated rings. The first-order chi connectivity index (χ1) is 68.1. The van der Waals surface area contributed by atoms with Gasteiger partial charge in [-0.15, -0.1) is 0 Å². The summed E-state index contributed by atoms with van der Waals surface area (Å²) in [7, 11) is 11.9. The third-order valence-corrected chi connectivity index (χ3v) is 25.8. The average molecular weight is 2010 g/mol. The summed E-state index contributed by atoms with van der Waals surface area (Å²) in [6.45, 7) is 60.6. The fourth-order valence-corrected chi connectivity index (χ4v) is 15.5. The highest BCUT2D eigenvalue weighted by atomic mass is 16.6. The second kappa shape index (κ2) is 73.5. The number of esters is 6. The maximum atomic E-state index is 12.6. The van der Waals surface area contributed by atoms with Gasteiger partial charge in [0.2, 0.25) is 0 Å². The van der Waals surface area contributed by atoms with Gasteiger partial charge >= 0.3 is 35.8 Å². The molecule has 810 valence electrons. The molecule has 143 heavy (non-hydrogen) atoms. The molecule has 0 saturated carbocycles. The average Bonchev–Trinajstić information content (AvgIpc) is 0.853. The van der Waals surface area contributed by atoms with E-state index >= 15 is 0 Å². The zero-order valence-electron chi connectivity index (χ0n) is 92.5. The summed E-state index contributed by atoms with van der Waals surface area (Å²) in [5.41, 5.74) is 2.17. The van der Waals surface area contributed by atoms with Gasteiger partial charge in [-0.25, -0.2) is 28.8 Å². The van der Waals surface area contributed by atoms with Gasteiger partial charge in [-0.3, -0.25) is 14.7 Å². The molecule has 0 amide bonds. The molecule has 30 heteroatoms. The van der Waals surface area contributed by atoms with E-state index in [1.165, 1.54) is 78.9 Å². The summed E-state index contributed by atoms with van der Waals surface area (Å²) in [6, 6.07) is 28.1. The zero-order chi connectivity index (χ0) is 108. The third kappa shape index (κ3) is 47.0. The number of rotatable bonds is 59. The maximum Gasteiger partial charge on any atom is 0.341 e. The van der Waals surface area contributed by atoms with Crippen LogP contribution in [-0.4, -0.2) is 293 Å². The quantitative estimate of drug-likeness (QED) is 0.0117. The van der Waals surface area contributed by atoms with Crippen LogP contribution >= 0.6 is 0 Å². The van der Waals surface area contributed by atoms with Crippen molar-refractivity contribution in [3.63, 3.8) is 0 Å². The van der Waals surface area contributed by atoms with Crippen molar-refractivity contribution in [2.45, 2.75) is 273 Å². The van der Waals surface area contributed by atoms with Gasteiger partial charge < -0.3 is 102 Å². The number of hydrogen-bond acceptors (Lipinski definition) is 30. The van der Waals surface area contributed by atoms with Crippen molar-refractivity contribution < 1.29 is 116 Å². The molecule has 0 bridgehead atoms. The predicted molar refractivity (Wildman–Crippen MR) is 570 cm³/mol. The molecule has 6 N–H and O–H groups in total. The molecule has 0 aliphatic heterocycles. The summed E-state index contributed by atoms with van der Waals surface area (Å²) >= 11 is 0. The molecular formula is C113H184N6O24. The van der Waals surface area contributed by atoms with Crippen molar-refractivity contribution in [2.75, 3.05) is 161 Å². The van der Waals surface area contributed by atoms with E-state index in [1.54, 1.807) is 30.3 Å². The Balaban J connectivity index is 0.000000858. The van der Waals surface area contributed by atoms with Crippen molar-refractivity contribution in [2.24, 2.45) is 35.5 Å². The lowest BCUT2D eigenvalue weighted by Gasteiger charge is -2.33. The van der Waals surface area contributed by atoms with Gasteiger partial charge in [0.25, 0.3) is 0 Å². The number of unbranched alkanes of at least 4 members (excludes halogenated alkanes) is 1. The number of aromatic hydroxyl groups is 6. The van der Waals surface area contributed by atoms with Crippen molar-refractivity contribution >= 4 is 35.8 Å². The van der Waals surface area contributed by atoms with Crippen LogP contribution in [0.15, 0.2) is 109 Å². The first-order valence-corrected chi connectivity index (χ1v) is 52.1.